The normalized spacial score (nSPS) is 22.3. The maximum Gasteiger partial charge on any atom is 0.170 e. The van der Waals surface area contributed by atoms with Gasteiger partial charge in [-0.1, -0.05) is 62.4 Å². The molecule has 0 aromatic heterocycles. The average Bonchev–Trinajstić information content (AvgIpc) is 3.23. The van der Waals surface area contributed by atoms with Gasteiger partial charge in [0.05, 0.1) is 6.61 Å². The van der Waals surface area contributed by atoms with Crippen molar-refractivity contribution in [2.45, 2.75) is 25.0 Å². The van der Waals surface area contributed by atoms with E-state index in [2.05, 4.69) is 111 Å². The molecule has 0 radical (unpaired) electrons. The summed E-state index contributed by atoms with van der Waals surface area (Å²) in [7, 11) is 4.13. The molecule has 148 valence electrons. The predicted molar refractivity (Wildman–Crippen MR) is 123 cm³/mol. The first-order chi connectivity index (χ1) is 13.9. The van der Waals surface area contributed by atoms with Gasteiger partial charge < -0.3 is 14.5 Å². The molecule has 0 aliphatic carbocycles. The largest absolute Gasteiger partial charge is 0.378 e. The first kappa shape index (κ1) is 18.3. The van der Waals surface area contributed by atoms with Gasteiger partial charge in [0.2, 0.25) is 0 Å². The summed E-state index contributed by atoms with van der Waals surface area (Å²) in [5.41, 5.74) is 4.47. The van der Waals surface area contributed by atoms with Crippen LogP contribution in [0.5, 0.6) is 0 Å². The van der Waals surface area contributed by atoms with Crippen LogP contribution in [0.2, 0.25) is 0 Å². The summed E-state index contributed by atoms with van der Waals surface area (Å²) in [5.74, 6) is 0. The molecule has 0 N–H and O–H groups in total. The molecule has 1 saturated heterocycles. The van der Waals surface area contributed by atoms with Crippen molar-refractivity contribution in [1.29, 1.82) is 0 Å². The minimum Gasteiger partial charge on any atom is -0.378 e. The molecule has 3 aromatic carbocycles. The van der Waals surface area contributed by atoms with Gasteiger partial charge in [-0.05, 0) is 46.2 Å². The summed E-state index contributed by atoms with van der Waals surface area (Å²) < 4.78 is 6.53. The third-order valence-electron chi connectivity index (χ3n) is 6.67. The van der Waals surface area contributed by atoms with E-state index in [0.717, 1.165) is 13.2 Å². The maximum absolute atomic E-state index is 6.53. The Morgan fingerprint density at radius 3 is 2.48 bits per heavy atom. The lowest BCUT2D eigenvalue weighted by Gasteiger charge is -2.40. The van der Waals surface area contributed by atoms with Crippen molar-refractivity contribution in [2.24, 2.45) is 0 Å². The van der Waals surface area contributed by atoms with Gasteiger partial charge in [0, 0.05) is 37.4 Å². The SMILES string of the molecule is CN(C)c1ccc(C=CC23OCCN2c2ccc4ccccc4c2C3(C)C)cc1. The van der Waals surface area contributed by atoms with Gasteiger partial charge in [0.15, 0.2) is 5.72 Å². The Balaban J connectivity index is 1.61. The third kappa shape index (κ3) is 2.54. The average molecular weight is 385 g/mol. The van der Waals surface area contributed by atoms with Crippen LogP contribution in [0.1, 0.15) is 25.0 Å². The molecule has 0 spiro atoms. The van der Waals surface area contributed by atoms with Gasteiger partial charge >= 0.3 is 0 Å². The molecule has 2 heterocycles. The highest BCUT2D eigenvalue weighted by molar-refractivity contribution is 5.94. The van der Waals surface area contributed by atoms with E-state index in [1.54, 1.807) is 0 Å². The molecule has 3 heteroatoms. The lowest BCUT2D eigenvalue weighted by atomic mass is 9.75. The van der Waals surface area contributed by atoms with Crippen LogP contribution in [-0.2, 0) is 10.2 Å². The van der Waals surface area contributed by atoms with Crippen LogP contribution in [0.3, 0.4) is 0 Å². The first-order valence-electron chi connectivity index (χ1n) is 10.3. The zero-order valence-electron chi connectivity index (χ0n) is 17.6. The van der Waals surface area contributed by atoms with Crippen LogP contribution < -0.4 is 9.80 Å². The van der Waals surface area contributed by atoms with Crippen LogP contribution in [0.25, 0.3) is 16.8 Å². The van der Waals surface area contributed by atoms with E-state index < -0.39 is 5.72 Å². The highest BCUT2D eigenvalue weighted by Gasteiger charge is 2.59. The van der Waals surface area contributed by atoms with Gasteiger partial charge in [0.25, 0.3) is 0 Å². The third-order valence-corrected chi connectivity index (χ3v) is 6.67. The maximum atomic E-state index is 6.53. The smallest absolute Gasteiger partial charge is 0.170 e. The Morgan fingerprint density at radius 2 is 1.72 bits per heavy atom. The van der Waals surface area contributed by atoms with E-state index in [-0.39, 0.29) is 5.41 Å². The van der Waals surface area contributed by atoms with Crippen LogP contribution in [0.15, 0.2) is 66.7 Å². The fraction of sp³-hybridized carbons (Fsp3) is 0.308. The summed E-state index contributed by atoms with van der Waals surface area (Å²) in [6.07, 6.45) is 4.49. The zero-order chi connectivity index (χ0) is 20.2. The van der Waals surface area contributed by atoms with Crippen molar-refractivity contribution < 1.29 is 4.74 Å². The van der Waals surface area contributed by atoms with Crippen molar-refractivity contribution in [2.75, 3.05) is 37.0 Å². The second kappa shape index (κ2) is 6.36. The highest BCUT2D eigenvalue weighted by Crippen LogP contribution is 2.57. The summed E-state index contributed by atoms with van der Waals surface area (Å²) in [6, 6.07) is 21.9. The number of benzene rings is 3. The number of hydrogen-bond acceptors (Lipinski definition) is 3. The molecule has 3 aromatic rings. The van der Waals surface area contributed by atoms with E-state index in [0.29, 0.717) is 0 Å². The molecule has 2 aliphatic rings. The van der Waals surface area contributed by atoms with E-state index >= 15 is 0 Å². The van der Waals surface area contributed by atoms with E-state index in [9.17, 15) is 0 Å². The first-order valence-corrected chi connectivity index (χ1v) is 10.3. The van der Waals surface area contributed by atoms with E-state index in [1.165, 1.54) is 33.3 Å². The Hall–Kier alpha value is -2.78. The molecule has 3 nitrogen and oxygen atoms in total. The number of anilines is 2. The van der Waals surface area contributed by atoms with Crippen molar-refractivity contribution in [3.63, 3.8) is 0 Å². The molecule has 0 bridgehead atoms. The molecule has 1 fully saturated rings. The molecule has 0 amide bonds. The quantitative estimate of drug-likeness (QED) is 0.598. The fourth-order valence-corrected chi connectivity index (χ4v) is 5.11. The number of fused-ring (bicyclic) bond motifs is 5. The van der Waals surface area contributed by atoms with Crippen LogP contribution in [-0.4, -0.2) is 33.0 Å². The van der Waals surface area contributed by atoms with E-state index in [1.807, 2.05) is 0 Å². The highest BCUT2D eigenvalue weighted by atomic mass is 16.5. The van der Waals surface area contributed by atoms with Gasteiger partial charge in [-0.2, -0.15) is 0 Å². The Labute approximate surface area is 173 Å². The molecular weight excluding hydrogens is 356 g/mol. The summed E-state index contributed by atoms with van der Waals surface area (Å²) >= 11 is 0. The van der Waals surface area contributed by atoms with Gasteiger partial charge in [-0.15, -0.1) is 0 Å². The lowest BCUT2D eigenvalue weighted by molar-refractivity contribution is 0.000708. The molecule has 29 heavy (non-hydrogen) atoms. The van der Waals surface area contributed by atoms with Gasteiger partial charge in [-0.25, -0.2) is 0 Å². The molecule has 1 atom stereocenters. The second-order valence-corrected chi connectivity index (χ2v) is 8.82. The van der Waals surface area contributed by atoms with Crippen LogP contribution in [0, 0.1) is 0 Å². The minimum absolute atomic E-state index is 0.167. The molecule has 0 saturated carbocycles. The Bertz CT molecular complexity index is 1100. The van der Waals surface area contributed by atoms with Crippen molar-refractivity contribution in [1.82, 2.24) is 0 Å². The number of hydrogen-bond donors (Lipinski definition) is 0. The Kier molecular flexibility index (Phi) is 4.01. The number of rotatable bonds is 3. The summed E-state index contributed by atoms with van der Waals surface area (Å²) in [5, 5.41) is 2.62. The van der Waals surface area contributed by atoms with Crippen molar-refractivity contribution in [3.8, 4) is 0 Å². The second-order valence-electron chi connectivity index (χ2n) is 8.82. The Morgan fingerprint density at radius 1 is 0.966 bits per heavy atom. The topological polar surface area (TPSA) is 15.7 Å². The minimum atomic E-state index is -0.459. The summed E-state index contributed by atoms with van der Waals surface area (Å²) in [6.45, 7) is 6.31. The molecular formula is C26H28N2O. The van der Waals surface area contributed by atoms with Crippen molar-refractivity contribution in [3.05, 3.63) is 77.9 Å². The molecule has 1 unspecified atom stereocenters. The predicted octanol–water partition coefficient (Wildman–Crippen LogP) is 5.44. The van der Waals surface area contributed by atoms with Crippen molar-refractivity contribution >= 4 is 28.2 Å². The molecule has 5 rings (SSSR count). The standard InChI is InChI=1S/C26H28N2O/c1-25(2)24-22-8-6-5-7-20(22)11-14-23(24)28-17-18-29-26(25,28)16-15-19-9-12-21(13-10-19)27(3)4/h5-16H,17-18H2,1-4H3. The zero-order valence-corrected chi connectivity index (χ0v) is 17.6. The lowest BCUT2D eigenvalue weighted by Crippen LogP contribution is -2.51. The van der Waals surface area contributed by atoms with Gasteiger partial charge in [-0.3, -0.25) is 0 Å². The summed E-state index contributed by atoms with van der Waals surface area (Å²) in [4.78, 5) is 4.58. The number of ether oxygens (including phenoxy) is 1. The van der Waals surface area contributed by atoms with Gasteiger partial charge in [0.1, 0.15) is 0 Å². The molecule has 2 aliphatic heterocycles. The van der Waals surface area contributed by atoms with Crippen LogP contribution >= 0.6 is 0 Å². The monoisotopic (exact) mass is 384 g/mol. The number of nitrogens with zero attached hydrogens (tertiary/aromatic N) is 2. The van der Waals surface area contributed by atoms with E-state index in [4.69, 9.17) is 4.74 Å². The fourth-order valence-electron chi connectivity index (χ4n) is 5.11. The van der Waals surface area contributed by atoms with Crippen LogP contribution in [0.4, 0.5) is 11.4 Å².